The second-order valence-electron chi connectivity index (χ2n) is 6.31. The molecule has 3 heteroatoms. The third-order valence-electron chi connectivity index (χ3n) is 5.15. The topological polar surface area (TPSA) is 29.5 Å². The minimum atomic E-state index is -0.435. The first-order valence-corrected chi connectivity index (χ1v) is 8.23. The van der Waals surface area contributed by atoms with E-state index in [1.165, 1.54) is 25.8 Å². The molecule has 2 aliphatic heterocycles. The van der Waals surface area contributed by atoms with Gasteiger partial charge in [0.05, 0.1) is 12.0 Å². The fourth-order valence-electron chi connectivity index (χ4n) is 4.02. The molecule has 1 aromatic rings. The lowest BCUT2D eigenvalue weighted by Crippen LogP contribution is -2.54. The maximum Gasteiger partial charge on any atom is 0.316 e. The Balaban J connectivity index is 1.92. The van der Waals surface area contributed by atoms with Crippen molar-refractivity contribution in [1.82, 2.24) is 4.90 Å². The van der Waals surface area contributed by atoms with Gasteiger partial charge >= 0.3 is 5.97 Å². The summed E-state index contributed by atoms with van der Waals surface area (Å²) in [5, 5.41) is 0. The zero-order valence-electron chi connectivity index (χ0n) is 12.9. The lowest BCUT2D eigenvalue weighted by molar-refractivity contribution is -0.153. The van der Waals surface area contributed by atoms with Crippen LogP contribution < -0.4 is 0 Å². The van der Waals surface area contributed by atoms with Crippen LogP contribution in [0.25, 0.3) is 0 Å². The minimum absolute atomic E-state index is 0.0265. The molecule has 114 valence electrons. The largest absolute Gasteiger partial charge is 0.465 e. The Morgan fingerprint density at radius 3 is 2.86 bits per heavy atom. The Labute approximate surface area is 127 Å². The van der Waals surface area contributed by atoms with Crippen molar-refractivity contribution in [2.24, 2.45) is 0 Å². The highest BCUT2D eigenvalue weighted by Crippen LogP contribution is 2.41. The summed E-state index contributed by atoms with van der Waals surface area (Å²) in [5.74, 6) is -0.0265. The lowest BCUT2D eigenvalue weighted by atomic mass is 9.69. The summed E-state index contributed by atoms with van der Waals surface area (Å²) in [6.07, 6.45) is 5.60. The number of carbonyl (C=O) groups is 1. The third kappa shape index (κ3) is 2.71. The molecule has 0 amide bonds. The highest BCUT2D eigenvalue weighted by atomic mass is 16.5. The van der Waals surface area contributed by atoms with Crippen LogP contribution in [0.3, 0.4) is 0 Å². The van der Waals surface area contributed by atoms with E-state index in [9.17, 15) is 4.79 Å². The molecule has 2 aliphatic rings. The van der Waals surface area contributed by atoms with Crippen LogP contribution in [0.1, 0.15) is 44.6 Å². The van der Waals surface area contributed by atoms with Crippen LogP contribution in [0.5, 0.6) is 0 Å². The molecule has 1 aromatic carbocycles. The molecule has 0 bridgehead atoms. The van der Waals surface area contributed by atoms with Crippen molar-refractivity contribution in [3.8, 4) is 0 Å². The molecule has 0 spiro atoms. The summed E-state index contributed by atoms with van der Waals surface area (Å²) in [6, 6.07) is 10.8. The number of esters is 1. The van der Waals surface area contributed by atoms with Gasteiger partial charge in [0.2, 0.25) is 0 Å². The number of piperidine rings is 2. The van der Waals surface area contributed by atoms with Gasteiger partial charge in [-0.1, -0.05) is 36.8 Å². The SMILES string of the molecule is CCOC(=O)[C@@]1(c2ccccc2)CCN2CCCC[C@@H]2C1. The first-order valence-electron chi connectivity index (χ1n) is 8.23. The molecule has 0 N–H and O–H groups in total. The van der Waals surface area contributed by atoms with E-state index >= 15 is 0 Å². The number of benzene rings is 1. The van der Waals surface area contributed by atoms with Crippen molar-refractivity contribution in [3.05, 3.63) is 35.9 Å². The van der Waals surface area contributed by atoms with Crippen molar-refractivity contribution in [2.45, 2.75) is 50.5 Å². The molecule has 0 saturated carbocycles. The molecule has 3 nitrogen and oxygen atoms in total. The summed E-state index contributed by atoms with van der Waals surface area (Å²) < 4.78 is 5.46. The maximum atomic E-state index is 12.8. The second kappa shape index (κ2) is 6.18. The Morgan fingerprint density at radius 1 is 1.29 bits per heavy atom. The lowest BCUT2D eigenvalue weighted by Gasteiger charge is -2.47. The van der Waals surface area contributed by atoms with Gasteiger partial charge in [0, 0.05) is 6.04 Å². The van der Waals surface area contributed by atoms with Gasteiger partial charge in [0.1, 0.15) is 0 Å². The standard InChI is InChI=1S/C18H25NO2/c1-2-21-17(20)18(15-8-4-3-5-9-15)11-13-19-12-7-6-10-16(19)14-18/h3-5,8-9,16H,2,6-7,10-14H2,1H3/t16-,18+/m1/s1. The summed E-state index contributed by atoms with van der Waals surface area (Å²) in [7, 11) is 0. The van der Waals surface area contributed by atoms with Crippen LogP contribution in [0.4, 0.5) is 0 Å². The van der Waals surface area contributed by atoms with Crippen LogP contribution >= 0.6 is 0 Å². The van der Waals surface area contributed by atoms with Crippen molar-refractivity contribution in [3.63, 3.8) is 0 Å². The van der Waals surface area contributed by atoms with Gasteiger partial charge in [-0.2, -0.15) is 0 Å². The number of nitrogens with zero attached hydrogens (tertiary/aromatic N) is 1. The smallest absolute Gasteiger partial charge is 0.316 e. The van der Waals surface area contributed by atoms with Gasteiger partial charge in [0.15, 0.2) is 0 Å². The average Bonchev–Trinajstić information content (AvgIpc) is 2.55. The number of ether oxygens (including phenoxy) is 1. The summed E-state index contributed by atoms with van der Waals surface area (Å²) >= 11 is 0. The minimum Gasteiger partial charge on any atom is -0.465 e. The van der Waals surface area contributed by atoms with Gasteiger partial charge in [-0.25, -0.2) is 0 Å². The molecule has 0 aliphatic carbocycles. The third-order valence-corrected chi connectivity index (χ3v) is 5.15. The molecule has 21 heavy (non-hydrogen) atoms. The van der Waals surface area contributed by atoms with Crippen molar-refractivity contribution in [2.75, 3.05) is 19.7 Å². The van der Waals surface area contributed by atoms with Gasteiger partial charge in [0.25, 0.3) is 0 Å². The number of hydrogen-bond donors (Lipinski definition) is 0. The fraction of sp³-hybridized carbons (Fsp3) is 0.611. The second-order valence-corrected chi connectivity index (χ2v) is 6.31. The Kier molecular flexibility index (Phi) is 4.29. The van der Waals surface area contributed by atoms with Crippen molar-refractivity contribution >= 4 is 5.97 Å². The molecular weight excluding hydrogens is 262 g/mol. The number of rotatable bonds is 3. The fourth-order valence-corrected chi connectivity index (χ4v) is 4.02. The van der Waals surface area contributed by atoms with Crippen LogP contribution in [0, 0.1) is 0 Å². The van der Waals surface area contributed by atoms with Gasteiger partial charge in [-0.15, -0.1) is 0 Å². The van der Waals surface area contributed by atoms with E-state index in [1.807, 2.05) is 25.1 Å². The van der Waals surface area contributed by atoms with E-state index in [-0.39, 0.29) is 5.97 Å². The van der Waals surface area contributed by atoms with Crippen LogP contribution in [0.15, 0.2) is 30.3 Å². The van der Waals surface area contributed by atoms with E-state index < -0.39 is 5.41 Å². The molecule has 2 fully saturated rings. The molecule has 0 aromatic heterocycles. The maximum absolute atomic E-state index is 12.8. The van der Waals surface area contributed by atoms with Crippen LogP contribution in [-0.4, -0.2) is 36.6 Å². The molecule has 3 rings (SSSR count). The zero-order chi connectivity index (χ0) is 14.7. The first-order chi connectivity index (χ1) is 10.3. The summed E-state index contributed by atoms with van der Waals surface area (Å²) in [6.45, 7) is 4.56. The van der Waals surface area contributed by atoms with Gasteiger partial charge in [-0.05, 0) is 51.3 Å². The monoisotopic (exact) mass is 287 g/mol. The first kappa shape index (κ1) is 14.6. The predicted molar refractivity (Wildman–Crippen MR) is 83.2 cm³/mol. The molecule has 0 radical (unpaired) electrons. The number of hydrogen-bond acceptors (Lipinski definition) is 3. The van der Waals surface area contributed by atoms with E-state index in [2.05, 4.69) is 17.0 Å². The highest BCUT2D eigenvalue weighted by molar-refractivity contribution is 5.83. The van der Waals surface area contributed by atoms with E-state index in [4.69, 9.17) is 4.74 Å². The van der Waals surface area contributed by atoms with E-state index in [0.29, 0.717) is 12.6 Å². The molecule has 2 heterocycles. The van der Waals surface area contributed by atoms with Crippen LogP contribution in [0.2, 0.25) is 0 Å². The Bertz CT molecular complexity index is 487. The quantitative estimate of drug-likeness (QED) is 0.800. The van der Waals surface area contributed by atoms with Gasteiger partial charge < -0.3 is 9.64 Å². The van der Waals surface area contributed by atoms with E-state index in [1.54, 1.807) is 0 Å². The number of carbonyl (C=O) groups excluding carboxylic acids is 1. The summed E-state index contributed by atoms with van der Waals surface area (Å²) in [5.41, 5.74) is 0.698. The van der Waals surface area contributed by atoms with E-state index in [0.717, 1.165) is 24.9 Å². The Hall–Kier alpha value is -1.35. The van der Waals surface area contributed by atoms with Gasteiger partial charge in [-0.3, -0.25) is 4.79 Å². The zero-order valence-corrected chi connectivity index (χ0v) is 12.9. The van der Waals surface area contributed by atoms with Crippen molar-refractivity contribution in [1.29, 1.82) is 0 Å². The average molecular weight is 287 g/mol. The van der Waals surface area contributed by atoms with Crippen LogP contribution in [-0.2, 0) is 14.9 Å². The van der Waals surface area contributed by atoms with Crippen molar-refractivity contribution < 1.29 is 9.53 Å². The highest BCUT2D eigenvalue weighted by Gasteiger charge is 2.47. The Morgan fingerprint density at radius 2 is 2.10 bits per heavy atom. The molecule has 0 unspecified atom stereocenters. The normalized spacial score (nSPS) is 29.7. The molecule has 2 atom stereocenters. The summed E-state index contributed by atoms with van der Waals surface area (Å²) in [4.78, 5) is 15.3. The molecular formula is C18H25NO2. The number of fused-ring (bicyclic) bond motifs is 1. The predicted octanol–water partition coefficient (Wildman–Crippen LogP) is 3.14. The molecule has 2 saturated heterocycles.